The number of nitrogens with one attached hydrogen (secondary N) is 1. The van der Waals surface area contributed by atoms with E-state index >= 15 is 0 Å². The number of aryl methyl sites for hydroxylation is 2. The Balaban J connectivity index is 2.29. The summed E-state index contributed by atoms with van der Waals surface area (Å²) in [5.41, 5.74) is 8.45. The molecule has 0 saturated heterocycles. The van der Waals surface area contributed by atoms with Gasteiger partial charge in [-0.05, 0) is 50.7 Å². The quantitative estimate of drug-likeness (QED) is 0.487. The highest BCUT2D eigenvalue weighted by atomic mass is 15.2. The normalized spacial score (nSPS) is 21.1. The van der Waals surface area contributed by atoms with Gasteiger partial charge in [0.1, 0.15) is 0 Å². The van der Waals surface area contributed by atoms with Crippen molar-refractivity contribution >= 4 is 0 Å². The summed E-state index contributed by atoms with van der Waals surface area (Å²) in [5.74, 6) is 5.85. The van der Waals surface area contributed by atoms with Gasteiger partial charge in [-0.1, -0.05) is 48.3 Å². The van der Waals surface area contributed by atoms with E-state index in [2.05, 4.69) is 43.5 Å². The third-order valence-electron chi connectivity index (χ3n) is 4.11. The van der Waals surface area contributed by atoms with Gasteiger partial charge < -0.3 is 0 Å². The number of rotatable bonds is 3. The van der Waals surface area contributed by atoms with Crippen molar-refractivity contribution in [2.24, 2.45) is 5.84 Å². The van der Waals surface area contributed by atoms with Crippen LogP contribution in [0.2, 0.25) is 0 Å². The van der Waals surface area contributed by atoms with Gasteiger partial charge >= 0.3 is 0 Å². The standard InChI is InChI=1S/C17H26N2/c1-13-10-11-14(2)16(12-13)17(19-18)15-8-6-4-3-5-7-9-15/h8,10-12,17,19H,3-7,9,18H2,1-2H3/b15-8+. The summed E-state index contributed by atoms with van der Waals surface area (Å²) < 4.78 is 0. The van der Waals surface area contributed by atoms with Crippen LogP contribution >= 0.6 is 0 Å². The highest BCUT2D eigenvalue weighted by molar-refractivity contribution is 5.37. The summed E-state index contributed by atoms with van der Waals surface area (Å²) in [5, 5.41) is 0. The molecule has 0 aliphatic heterocycles. The zero-order valence-corrected chi connectivity index (χ0v) is 12.2. The topological polar surface area (TPSA) is 38.0 Å². The molecule has 1 aliphatic rings. The first-order chi connectivity index (χ1) is 9.22. The maximum Gasteiger partial charge on any atom is 0.0672 e. The summed E-state index contributed by atoms with van der Waals surface area (Å²) in [7, 11) is 0. The van der Waals surface area contributed by atoms with Crippen LogP contribution in [0, 0.1) is 13.8 Å². The molecule has 1 aliphatic carbocycles. The minimum Gasteiger partial charge on any atom is -0.271 e. The smallest absolute Gasteiger partial charge is 0.0672 e. The summed E-state index contributed by atoms with van der Waals surface area (Å²) in [4.78, 5) is 0. The second-order valence-corrected chi connectivity index (χ2v) is 5.69. The van der Waals surface area contributed by atoms with Gasteiger partial charge in [0.15, 0.2) is 0 Å². The van der Waals surface area contributed by atoms with Crippen molar-refractivity contribution in [3.63, 3.8) is 0 Å². The largest absolute Gasteiger partial charge is 0.271 e. The van der Waals surface area contributed by atoms with E-state index in [0.717, 1.165) is 0 Å². The molecule has 1 aromatic carbocycles. The lowest BCUT2D eigenvalue weighted by atomic mass is 9.89. The van der Waals surface area contributed by atoms with Crippen LogP contribution in [0.4, 0.5) is 0 Å². The van der Waals surface area contributed by atoms with Gasteiger partial charge in [0.25, 0.3) is 0 Å². The van der Waals surface area contributed by atoms with Gasteiger partial charge in [0.05, 0.1) is 6.04 Å². The first-order valence-electron chi connectivity index (χ1n) is 7.44. The third kappa shape index (κ3) is 3.68. The molecular formula is C17H26N2. The minimum absolute atomic E-state index is 0.179. The summed E-state index contributed by atoms with van der Waals surface area (Å²) in [6.07, 6.45) is 10.1. The van der Waals surface area contributed by atoms with Crippen LogP contribution in [0.1, 0.15) is 61.3 Å². The molecule has 104 valence electrons. The van der Waals surface area contributed by atoms with Crippen LogP contribution in [-0.2, 0) is 0 Å². The predicted octanol–water partition coefficient (Wildman–Crippen LogP) is 4.09. The van der Waals surface area contributed by atoms with Crippen molar-refractivity contribution in [1.29, 1.82) is 0 Å². The monoisotopic (exact) mass is 258 g/mol. The van der Waals surface area contributed by atoms with E-state index in [1.54, 1.807) is 0 Å². The lowest BCUT2D eigenvalue weighted by Gasteiger charge is -2.24. The van der Waals surface area contributed by atoms with Gasteiger partial charge in [-0.15, -0.1) is 0 Å². The average Bonchev–Trinajstić information content (AvgIpc) is 2.36. The Hall–Kier alpha value is -1.12. The Morgan fingerprint density at radius 3 is 2.68 bits per heavy atom. The van der Waals surface area contributed by atoms with Gasteiger partial charge in [0, 0.05) is 0 Å². The van der Waals surface area contributed by atoms with Crippen LogP contribution < -0.4 is 11.3 Å². The van der Waals surface area contributed by atoms with E-state index in [9.17, 15) is 0 Å². The van der Waals surface area contributed by atoms with Crippen molar-refractivity contribution in [3.05, 3.63) is 46.5 Å². The molecule has 0 aromatic heterocycles. The van der Waals surface area contributed by atoms with Crippen LogP contribution in [-0.4, -0.2) is 0 Å². The Bertz CT molecular complexity index is 449. The molecular weight excluding hydrogens is 232 g/mol. The van der Waals surface area contributed by atoms with E-state index in [-0.39, 0.29) is 6.04 Å². The fourth-order valence-corrected chi connectivity index (χ4v) is 2.95. The number of hydrazine groups is 1. The second-order valence-electron chi connectivity index (χ2n) is 5.69. The van der Waals surface area contributed by atoms with E-state index in [0.29, 0.717) is 0 Å². The van der Waals surface area contributed by atoms with Crippen molar-refractivity contribution in [2.45, 2.75) is 58.4 Å². The maximum atomic E-state index is 5.85. The lowest BCUT2D eigenvalue weighted by molar-refractivity contribution is 0.553. The zero-order valence-electron chi connectivity index (χ0n) is 12.2. The number of nitrogens with two attached hydrogens (primary N) is 1. The van der Waals surface area contributed by atoms with Crippen LogP contribution in [0.15, 0.2) is 29.8 Å². The Morgan fingerprint density at radius 1 is 1.11 bits per heavy atom. The second kappa shape index (κ2) is 6.88. The summed E-state index contributed by atoms with van der Waals surface area (Å²) >= 11 is 0. The van der Waals surface area contributed by atoms with E-state index in [4.69, 9.17) is 5.84 Å². The SMILES string of the molecule is Cc1ccc(C)c(C(NN)/C2=C/CCCCCC2)c1. The maximum absolute atomic E-state index is 5.85. The van der Waals surface area contributed by atoms with Crippen molar-refractivity contribution in [3.8, 4) is 0 Å². The molecule has 0 saturated carbocycles. The molecule has 0 heterocycles. The molecule has 1 unspecified atom stereocenters. The van der Waals surface area contributed by atoms with E-state index in [1.807, 2.05) is 0 Å². The Kier molecular flexibility index (Phi) is 5.17. The van der Waals surface area contributed by atoms with Crippen LogP contribution in [0.3, 0.4) is 0 Å². The molecule has 0 radical (unpaired) electrons. The first kappa shape index (κ1) is 14.3. The van der Waals surface area contributed by atoms with Gasteiger partial charge in [-0.25, -0.2) is 5.43 Å². The fraction of sp³-hybridized carbons (Fsp3) is 0.529. The van der Waals surface area contributed by atoms with Gasteiger partial charge in [0.2, 0.25) is 0 Å². The third-order valence-corrected chi connectivity index (χ3v) is 4.11. The Morgan fingerprint density at radius 2 is 1.89 bits per heavy atom. The van der Waals surface area contributed by atoms with Crippen molar-refractivity contribution in [2.75, 3.05) is 0 Å². The minimum atomic E-state index is 0.179. The molecule has 1 aromatic rings. The lowest BCUT2D eigenvalue weighted by Crippen LogP contribution is -2.30. The molecule has 2 rings (SSSR count). The van der Waals surface area contributed by atoms with Crippen molar-refractivity contribution < 1.29 is 0 Å². The predicted molar refractivity (Wildman–Crippen MR) is 81.8 cm³/mol. The van der Waals surface area contributed by atoms with Crippen LogP contribution in [0.5, 0.6) is 0 Å². The van der Waals surface area contributed by atoms with Gasteiger partial charge in [-0.2, -0.15) is 0 Å². The van der Waals surface area contributed by atoms with E-state index < -0.39 is 0 Å². The van der Waals surface area contributed by atoms with Crippen molar-refractivity contribution in [1.82, 2.24) is 5.43 Å². The molecule has 0 bridgehead atoms. The highest BCUT2D eigenvalue weighted by Crippen LogP contribution is 2.30. The molecule has 0 spiro atoms. The molecule has 0 fully saturated rings. The molecule has 0 amide bonds. The molecule has 2 nitrogen and oxygen atoms in total. The van der Waals surface area contributed by atoms with Gasteiger partial charge in [-0.3, -0.25) is 5.84 Å². The first-order valence-corrected chi connectivity index (χ1v) is 7.44. The average molecular weight is 258 g/mol. The summed E-state index contributed by atoms with van der Waals surface area (Å²) in [6, 6.07) is 6.80. The highest BCUT2D eigenvalue weighted by Gasteiger charge is 2.17. The fourth-order valence-electron chi connectivity index (χ4n) is 2.95. The zero-order chi connectivity index (χ0) is 13.7. The molecule has 3 N–H and O–H groups in total. The van der Waals surface area contributed by atoms with E-state index in [1.165, 1.54) is 60.8 Å². The summed E-state index contributed by atoms with van der Waals surface area (Å²) in [6.45, 7) is 4.31. The number of hydrogen-bond donors (Lipinski definition) is 2. The molecule has 19 heavy (non-hydrogen) atoms. The Labute approximate surface area is 117 Å². The molecule has 2 heteroatoms. The molecule has 1 atom stereocenters. The number of benzene rings is 1. The van der Waals surface area contributed by atoms with Crippen LogP contribution in [0.25, 0.3) is 0 Å². The number of allylic oxidation sites excluding steroid dienone is 1. The number of hydrogen-bond acceptors (Lipinski definition) is 2.